The van der Waals surface area contributed by atoms with Crippen molar-refractivity contribution in [3.05, 3.63) is 60.2 Å². The van der Waals surface area contributed by atoms with E-state index in [0.717, 1.165) is 16.5 Å². The molecule has 4 atom stereocenters. The number of likely N-dealkylation sites (tertiary alicyclic amines) is 1. The Hall–Kier alpha value is -3.75. The molecule has 3 aromatic rings. The maximum absolute atomic E-state index is 13.6. The molecule has 9 nitrogen and oxygen atoms in total. The number of hydrogen-bond donors (Lipinski definition) is 0. The first-order valence-electron chi connectivity index (χ1n) is 11.7. The summed E-state index contributed by atoms with van der Waals surface area (Å²) >= 11 is 0. The Morgan fingerprint density at radius 3 is 2.71 bits per heavy atom. The van der Waals surface area contributed by atoms with Crippen LogP contribution in [-0.2, 0) is 25.5 Å². The Balaban J connectivity index is 1.50. The van der Waals surface area contributed by atoms with Gasteiger partial charge in [-0.2, -0.15) is 0 Å². The molecule has 2 aromatic heterocycles. The monoisotopic (exact) mass is 480 g/mol. The Morgan fingerprint density at radius 1 is 1.17 bits per heavy atom. The van der Waals surface area contributed by atoms with Gasteiger partial charge < -0.3 is 23.2 Å². The first-order chi connectivity index (χ1) is 16.9. The number of hydrogen-bond acceptors (Lipinski definition) is 7. The third kappa shape index (κ3) is 3.84. The molecule has 2 aliphatic heterocycles. The van der Waals surface area contributed by atoms with E-state index in [1.54, 1.807) is 23.7 Å². The molecule has 0 radical (unpaired) electrons. The Morgan fingerprint density at radius 2 is 2.00 bits per heavy atom. The van der Waals surface area contributed by atoms with Crippen LogP contribution in [0, 0.1) is 5.92 Å². The Labute approximate surface area is 202 Å². The van der Waals surface area contributed by atoms with E-state index in [0.29, 0.717) is 18.4 Å². The Kier molecular flexibility index (Phi) is 6.00. The van der Waals surface area contributed by atoms with Gasteiger partial charge in [0.25, 0.3) is 0 Å². The second-order valence-electron chi connectivity index (χ2n) is 9.33. The van der Waals surface area contributed by atoms with Crippen LogP contribution in [0.2, 0.25) is 0 Å². The van der Waals surface area contributed by atoms with Crippen molar-refractivity contribution >= 4 is 28.9 Å². The SMILES string of the molecule is COC(=O)C(C(C)C)N1C(=O)C(N2C(=O)OC[C@@H]2c2cccc3ccoc23)C1CCc1ccoc1. The summed E-state index contributed by atoms with van der Waals surface area (Å²) in [5, 5.41) is 0.908. The van der Waals surface area contributed by atoms with Crippen LogP contribution >= 0.6 is 0 Å². The van der Waals surface area contributed by atoms with Crippen molar-refractivity contribution in [2.24, 2.45) is 5.92 Å². The molecule has 3 unspecified atom stereocenters. The predicted molar refractivity (Wildman–Crippen MR) is 124 cm³/mol. The smallest absolute Gasteiger partial charge is 0.411 e. The lowest BCUT2D eigenvalue weighted by atomic mass is 9.83. The molecular weight excluding hydrogens is 452 g/mol. The lowest BCUT2D eigenvalue weighted by Crippen LogP contribution is -2.75. The predicted octanol–water partition coefficient (Wildman–Crippen LogP) is 3.93. The van der Waals surface area contributed by atoms with Crippen molar-refractivity contribution in [3.8, 4) is 0 Å². The number of benzene rings is 1. The van der Waals surface area contributed by atoms with Crippen LogP contribution in [0.3, 0.4) is 0 Å². The maximum Gasteiger partial charge on any atom is 0.411 e. The molecule has 0 spiro atoms. The van der Waals surface area contributed by atoms with Crippen LogP contribution in [0.25, 0.3) is 11.0 Å². The number of rotatable bonds is 8. The molecule has 2 aliphatic rings. The summed E-state index contributed by atoms with van der Waals surface area (Å²) in [6.45, 7) is 3.86. The zero-order chi connectivity index (χ0) is 24.7. The van der Waals surface area contributed by atoms with Gasteiger partial charge >= 0.3 is 12.1 Å². The third-order valence-corrected chi connectivity index (χ3v) is 6.99. The van der Waals surface area contributed by atoms with Crippen LogP contribution in [0.4, 0.5) is 4.79 Å². The Bertz CT molecular complexity index is 1230. The average molecular weight is 481 g/mol. The molecule has 2 saturated heterocycles. The molecule has 0 bridgehead atoms. The number of β-lactam (4-membered cyclic amide) rings is 1. The molecule has 2 amide bonds. The fourth-order valence-electron chi connectivity index (χ4n) is 5.33. The minimum atomic E-state index is -0.766. The largest absolute Gasteiger partial charge is 0.472 e. The first-order valence-corrected chi connectivity index (χ1v) is 11.7. The van der Waals surface area contributed by atoms with Gasteiger partial charge in [-0.3, -0.25) is 9.69 Å². The summed E-state index contributed by atoms with van der Waals surface area (Å²) in [6.07, 6.45) is 5.46. The number of carbonyl (C=O) groups is 3. The van der Waals surface area contributed by atoms with Crippen LogP contribution in [0.1, 0.15) is 37.4 Å². The van der Waals surface area contributed by atoms with Gasteiger partial charge in [-0.15, -0.1) is 0 Å². The number of amides is 2. The van der Waals surface area contributed by atoms with Gasteiger partial charge in [0, 0.05) is 10.9 Å². The second kappa shape index (κ2) is 9.13. The van der Waals surface area contributed by atoms with E-state index in [4.69, 9.17) is 18.3 Å². The van der Waals surface area contributed by atoms with Crippen molar-refractivity contribution in [2.75, 3.05) is 13.7 Å². The summed E-state index contributed by atoms with van der Waals surface area (Å²) in [4.78, 5) is 42.4. The van der Waals surface area contributed by atoms with Crippen LogP contribution in [0.15, 0.2) is 58.0 Å². The molecule has 0 aliphatic carbocycles. The first kappa shape index (κ1) is 23.0. The van der Waals surface area contributed by atoms with Crippen LogP contribution < -0.4 is 0 Å². The van der Waals surface area contributed by atoms with Crippen LogP contribution in [-0.4, -0.2) is 59.6 Å². The van der Waals surface area contributed by atoms with Gasteiger partial charge in [-0.1, -0.05) is 32.0 Å². The number of fused-ring (bicyclic) bond motifs is 1. The number of aryl methyl sites for hydroxylation is 1. The molecule has 1 aromatic carbocycles. The van der Waals surface area contributed by atoms with Crippen molar-refractivity contribution in [2.45, 2.75) is 50.9 Å². The molecule has 4 heterocycles. The van der Waals surface area contributed by atoms with E-state index in [9.17, 15) is 14.4 Å². The molecule has 9 heteroatoms. The standard InChI is InChI=1S/C26H28N2O7/c1-15(2)21(25(30)32-3)27-19(8-7-16-9-11-33-13-16)22(24(27)29)28-20(14-35-26(28)31)18-6-4-5-17-10-12-34-23(17)18/h4-6,9-13,15,19-22H,7-8,14H2,1-3H3/t19?,20-,21?,22?/m1/s1. The van der Waals surface area contributed by atoms with E-state index in [1.807, 2.05) is 44.2 Å². The van der Waals surface area contributed by atoms with E-state index in [2.05, 4.69) is 0 Å². The summed E-state index contributed by atoms with van der Waals surface area (Å²) in [7, 11) is 1.32. The molecule has 2 fully saturated rings. The highest BCUT2D eigenvalue weighted by atomic mass is 16.6. The number of carbonyl (C=O) groups excluding carboxylic acids is 3. The highest BCUT2D eigenvalue weighted by molar-refractivity contribution is 5.96. The number of para-hydroxylation sites is 1. The fourth-order valence-corrected chi connectivity index (χ4v) is 5.33. The fraction of sp³-hybridized carbons (Fsp3) is 0.423. The normalized spacial score (nSPS) is 23.0. The topological polar surface area (TPSA) is 102 Å². The molecule has 0 N–H and O–H groups in total. The number of methoxy groups -OCH3 is 1. The van der Waals surface area contributed by atoms with Gasteiger partial charge in [0.05, 0.1) is 38.0 Å². The zero-order valence-corrected chi connectivity index (χ0v) is 19.9. The van der Waals surface area contributed by atoms with E-state index in [-0.39, 0.29) is 18.4 Å². The zero-order valence-electron chi connectivity index (χ0n) is 19.9. The number of furan rings is 2. The summed E-state index contributed by atoms with van der Waals surface area (Å²) in [6, 6.07) is 7.04. The summed E-state index contributed by atoms with van der Waals surface area (Å²) in [5.74, 6) is -0.926. The van der Waals surface area contributed by atoms with Gasteiger partial charge in [-0.25, -0.2) is 9.59 Å². The molecule has 5 rings (SSSR count). The highest BCUT2D eigenvalue weighted by Crippen LogP contribution is 2.41. The van der Waals surface area contributed by atoms with Gasteiger partial charge in [0.2, 0.25) is 5.91 Å². The van der Waals surface area contributed by atoms with Crippen molar-refractivity contribution in [1.82, 2.24) is 9.80 Å². The van der Waals surface area contributed by atoms with Crippen molar-refractivity contribution < 1.29 is 32.7 Å². The van der Waals surface area contributed by atoms with Gasteiger partial charge in [0.15, 0.2) is 0 Å². The second-order valence-corrected chi connectivity index (χ2v) is 9.33. The summed E-state index contributed by atoms with van der Waals surface area (Å²) < 4.78 is 21.4. The number of nitrogens with zero attached hydrogens (tertiary/aromatic N) is 2. The average Bonchev–Trinajstić information content (AvgIpc) is 3.61. The van der Waals surface area contributed by atoms with Gasteiger partial charge in [0.1, 0.15) is 24.3 Å². The van der Waals surface area contributed by atoms with Gasteiger partial charge in [-0.05, 0) is 36.5 Å². The summed E-state index contributed by atoms with van der Waals surface area (Å²) in [5.41, 5.74) is 2.42. The highest BCUT2D eigenvalue weighted by Gasteiger charge is 2.59. The molecule has 35 heavy (non-hydrogen) atoms. The maximum atomic E-state index is 13.6. The van der Waals surface area contributed by atoms with E-state index < -0.39 is 36.2 Å². The molecule has 184 valence electrons. The quantitative estimate of drug-likeness (QED) is 0.356. The number of esters is 1. The molecular formula is C26H28N2O7. The van der Waals surface area contributed by atoms with E-state index >= 15 is 0 Å². The van der Waals surface area contributed by atoms with Crippen molar-refractivity contribution in [1.29, 1.82) is 0 Å². The van der Waals surface area contributed by atoms with Crippen LogP contribution in [0.5, 0.6) is 0 Å². The van der Waals surface area contributed by atoms with Crippen molar-refractivity contribution in [3.63, 3.8) is 0 Å². The minimum absolute atomic E-state index is 0.113. The lowest BCUT2D eigenvalue weighted by Gasteiger charge is -2.54. The lowest BCUT2D eigenvalue weighted by molar-refractivity contribution is -0.175. The number of ether oxygens (including phenoxy) is 2. The number of cyclic esters (lactones) is 1. The van der Waals surface area contributed by atoms with E-state index in [1.165, 1.54) is 12.0 Å². The minimum Gasteiger partial charge on any atom is -0.472 e. The molecule has 0 saturated carbocycles. The third-order valence-electron chi connectivity index (χ3n) is 6.99.